The summed E-state index contributed by atoms with van der Waals surface area (Å²) >= 11 is 3.32. The van der Waals surface area contributed by atoms with Gasteiger partial charge in [-0.3, -0.25) is 4.79 Å². The fourth-order valence-electron chi connectivity index (χ4n) is 1.86. The predicted molar refractivity (Wildman–Crippen MR) is 88.6 cm³/mol. The summed E-state index contributed by atoms with van der Waals surface area (Å²) in [6, 6.07) is 11.1. The van der Waals surface area contributed by atoms with E-state index in [0.717, 1.165) is 15.6 Å². The monoisotopic (exact) mass is 348 g/mol. The molecule has 0 spiro atoms. The van der Waals surface area contributed by atoms with Gasteiger partial charge in [0.2, 0.25) is 0 Å². The van der Waals surface area contributed by atoms with Crippen LogP contribution in [0.2, 0.25) is 0 Å². The van der Waals surface area contributed by atoms with Gasteiger partial charge in [-0.05, 0) is 49.2 Å². The molecule has 2 aromatic carbocycles. The molecule has 0 unspecified atom stereocenters. The Balaban J connectivity index is 1.97. The number of amides is 1. The highest BCUT2D eigenvalue weighted by atomic mass is 79.9. The minimum Gasteiger partial charge on any atom is -0.483 e. The first-order valence-electron chi connectivity index (χ1n) is 6.51. The minimum atomic E-state index is -0.245. The maximum absolute atomic E-state index is 11.9. The number of carbonyl (C=O) groups excluding carboxylic acids is 1. The largest absolute Gasteiger partial charge is 0.483 e. The number of aryl methyl sites for hydroxylation is 1. The standard InChI is InChI=1S/C16H17BrN2O2/c1-10-4-3-5-15(11(10)2)21-9-16(20)19-14-7-6-12(17)8-13(14)18/h3-8H,9,18H2,1-2H3,(H,19,20). The van der Waals surface area contributed by atoms with E-state index in [9.17, 15) is 4.79 Å². The van der Waals surface area contributed by atoms with Gasteiger partial charge in [0.25, 0.3) is 5.91 Å². The zero-order chi connectivity index (χ0) is 15.4. The lowest BCUT2D eigenvalue weighted by Crippen LogP contribution is -2.21. The van der Waals surface area contributed by atoms with E-state index in [2.05, 4.69) is 21.2 Å². The van der Waals surface area contributed by atoms with Crippen LogP contribution in [0.15, 0.2) is 40.9 Å². The van der Waals surface area contributed by atoms with Crippen molar-refractivity contribution >= 4 is 33.2 Å². The highest BCUT2D eigenvalue weighted by Gasteiger charge is 2.08. The molecule has 0 bridgehead atoms. The van der Waals surface area contributed by atoms with Crippen molar-refractivity contribution in [3.63, 3.8) is 0 Å². The van der Waals surface area contributed by atoms with Gasteiger partial charge >= 0.3 is 0 Å². The van der Waals surface area contributed by atoms with Crippen LogP contribution in [0.3, 0.4) is 0 Å². The molecule has 0 aliphatic carbocycles. The van der Waals surface area contributed by atoms with Gasteiger partial charge < -0.3 is 15.8 Å². The van der Waals surface area contributed by atoms with Crippen LogP contribution in [0.1, 0.15) is 11.1 Å². The molecule has 21 heavy (non-hydrogen) atoms. The molecule has 3 N–H and O–H groups in total. The normalized spacial score (nSPS) is 10.2. The Morgan fingerprint density at radius 1 is 1.29 bits per heavy atom. The van der Waals surface area contributed by atoms with Gasteiger partial charge in [0.05, 0.1) is 11.4 Å². The Bertz CT molecular complexity index is 671. The van der Waals surface area contributed by atoms with Crippen LogP contribution >= 0.6 is 15.9 Å². The molecule has 4 nitrogen and oxygen atoms in total. The summed E-state index contributed by atoms with van der Waals surface area (Å²) in [5, 5.41) is 2.73. The Morgan fingerprint density at radius 2 is 2.05 bits per heavy atom. The quantitative estimate of drug-likeness (QED) is 0.828. The smallest absolute Gasteiger partial charge is 0.262 e. The molecule has 0 atom stereocenters. The highest BCUT2D eigenvalue weighted by molar-refractivity contribution is 9.10. The number of halogens is 1. The van der Waals surface area contributed by atoms with E-state index in [1.54, 1.807) is 12.1 Å². The van der Waals surface area contributed by atoms with Crippen LogP contribution < -0.4 is 15.8 Å². The van der Waals surface area contributed by atoms with Crippen molar-refractivity contribution in [2.75, 3.05) is 17.7 Å². The maximum Gasteiger partial charge on any atom is 0.262 e. The number of anilines is 2. The molecule has 0 aliphatic rings. The van der Waals surface area contributed by atoms with E-state index >= 15 is 0 Å². The van der Waals surface area contributed by atoms with E-state index in [1.807, 2.05) is 38.1 Å². The second kappa shape index (κ2) is 6.63. The molecule has 0 radical (unpaired) electrons. The Morgan fingerprint density at radius 3 is 2.76 bits per heavy atom. The summed E-state index contributed by atoms with van der Waals surface area (Å²) in [6.45, 7) is 3.92. The van der Waals surface area contributed by atoms with Crippen molar-refractivity contribution in [1.82, 2.24) is 0 Å². The van der Waals surface area contributed by atoms with E-state index in [0.29, 0.717) is 17.1 Å². The van der Waals surface area contributed by atoms with Gasteiger partial charge in [-0.15, -0.1) is 0 Å². The Labute approximate surface area is 132 Å². The van der Waals surface area contributed by atoms with Crippen LogP contribution in [0.25, 0.3) is 0 Å². The van der Waals surface area contributed by atoms with Gasteiger partial charge in [0.15, 0.2) is 6.61 Å². The number of hydrogen-bond donors (Lipinski definition) is 2. The van der Waals surface area contributed by atoms with E-state index in [-0.39, 0.29) is 12.5 Å². The van der Waals surface area contributed by atoms with Gasteiger partial charge in [-0.2, -0.15) is 0 Å². The molecule has 0 aromatic heterocycles. The summed E-state index contributed by atoms with van der Waals surface area (Å²) in [5.74, 6) is 0.471. The van der Waals surface area contributed by atoms with Crippen molar-refractivity contribution in [2.45, 2.75) is 13.8 Å². The van der Waals surface area contributed by atoms with Crippen LogP contribution in [0, 0.1) is 13.8 Å². The fourth-order valence-corrected chi connectivity index (χ4v) is 2.24. The first kappa shape index (κ1) is 15.4. The highest BCUT2D eigenvalue weighted by Crippen LogP contribution is 2.23. The van der Waals surface area contributed by atoms with Crippen molar-refractivity contribution in [3.8, 4) is 5.75 Å². The summed E-state index contributed by atoms with van der Waals surface area (Å²) < 4.78 is 6.42. The van der Waals surface area contributed by atoms with Crippen molar-refractivity contribution in [1.29, 1.82) is 0 Å². The van der Waals surface area contributed by atoms with E-state index in [4.69, 9.17) is 10.5 Å². The zero-order valence-corrected chi connectivity index (χ0v) is 13.5. The van der Waals surface area contributed by atoms with Crippen LogP contribution in [0.4, 0.5) is 11.4 Å². The minimum absolute atomic E-state index is 0.0558. The van der Waals surface area contributed by atoms with Gasteiger partial charge in [-0.25, -0.2) is 0 Å². The third-order valence-electron chi connectivity index (χ3n) is 3.20. The van der Waals surface area contributed by atoms with Crippen LogP contribution in [-0.4, -0.2) is 12.5 Å². The molecule has 1 amide bonds. The second-order valence-electron chi connectivity index (χ2n) is 4.77. The molecular weight excluding hydrogens is 332 g/mol. The molecule has 0 fully saturated rings. The fraction of sp³-hybridized carbons (Fsp3) is 0.188. The molecule has 5 heteroatoms. The first-order valence-corrected chi connectivity index (χ1v) is 7.30. The maximum atomic E-state index is 11.9. The number of rotatable bonds is 4. The summed E-state index contributed by atoms with van der Waals surface area (Å²) in [6.07, 6.45) is 0. The van der Waals surface area contributed by atoms with Crippen LogP contribution in [0.5, 0.6) is 5.75 Å². The topological polar surface area (TPSA) is 64.3 Å². The van der Waals surface area contributed by atoms with Gasteiger partial charge in [0, 0.05) is 4.47 Å². The number of carbonyl (C=O) groups is 1. The lowest BCUT2D eigenvalue weighted by atomic mass is 10.1. The number of benzene rings is 2. The third-order valence-corrected chi connectivity index (χ3v) is 3.69. The lowest BCUT2D eigenvalue weighted by molar-refractivity contribution is -0.118. The summed E-state index contributed by atoms with van der Waals surface area (Å²) in [4.78, 5) is 11.9. The van der Waals surface area contributed by atoms with Crippen molar-refractivity contribution < 1.29 is 9.53 Å². The van der Waals surface area contributed by atoms with Crippen LogP contribution in [-0.2, 0) is 4.79 Å². The number of ether oxygens (including phenoxy) is 1. The third kappa shape index (κ3) is 3.98. The Kier molecular flexibility index (Phi) is 4.85. The molecular formula is C16H17BrN2O2. The zero-order valence-electron chi connectivity index (χ0n) is 11.9. The molecule has 0 heterocycles. The number of nitrogen functional groups attached to an aromatic ring is 1. The SMILES string of the molecule is Cc1cccc(OCC(=O)Nc2ccc(Br)cc2N)c1C. The molecule has 0 saturated heterocycles. The molecule has 0 aliphatic heterocycles. The first-order chi connectivity index (χ1) is 9.97. The summed E-state index contributed by atoms with van der Waals surface area (Å²) in [5.41, 5.74) is 9.08. The molecule has 110 valence electrons. The summed E-state index contributed by atoms with van der Waals surface area (Å²) in [7, 11) is 0. The van der Waals surface area contributed by atoms with Gasteiger partial charge in [-0.1, -0.05) is 28.1 Å². The average molecular weight is 349 g/mol. The van der Waals surface area contributed by atoms with Gasteiger partial charge in [0.1, 0.15) is 5.75 Å². The van der Waals surface area contributed by atoms with E-state index in [1.165, 1.54) is 0 Å². The Hall–Kier alpha value is -2.01. The second-order valence-corrected chi connectivity index (χ2v) is 5.68. The molecule has 2 rings (SSSR count). The van der Waals surface area contributed by atoms with Crippen molar-refractivity contribution in [2.24, 2.45) is 0 Å². The average Bonchev–Trinajstić information content (AvgIpc) is 2.43. The number of hydrogen-bond acceptors (Lipinski definition) is 3. The molecule has 2 aromatic rings. The number of nitrogens with two attached hydrogens (primary N) is 1. The van der Waals surface area contributed by atoms with Crippen molar-refractivity contribution in [3.05, 3.63) is 52.0 Å². The van der Waals surface area contributed by atoms with E-state index < -0.39 is 0 Å². The predicted octanol–water partition coefficient (Wildman–Crippen LogP) is 3.67. The number of nitrogens with one attached hydrogen (secondary N) is 1. The molecule has 0 saturated carbocycles. The lowest BCUT2D eigenvalue weighted by Gasteiger charge is -2.12.